The van der Waals surface area contributed by atoms with Gasteiger partial charge in [-0.15, -0.1) is 0 Å². The zero-order valence-electron chi connectivity index (χ0n) is 7.03. The number of ether oxygens (including phenoxy) is 2. The summed E-state index contributed by atoms with van der Waals surface area (Å²) in [5.41, 5.74) is 0. The monoisotopic (exact) mass is 168 g/mol. The Kier molecular flexibility index (Phi) is 1.16. The Hall–Kier alpha value is -0.570. The molecule has 2 aliphatic carbocycles. The normalized spacial score (nSPS) is 53.6. The van der Waals surface area contributed by atoms with Crippen LogP contribution in [0.3, 0.4) is 0 Å². The summed E-state index contributed by atoms with van der Waals surface area (Å²) in [4.78, 5) is 10.7. The Labute approximate surface area is 71.0 Å². The van der Waals surface area contributed by atoms with Gasteiger partial charge in [-0.05, 0) is 18.8 Å². The maximum atomic E-state index is 10.7. The fraction of sp³-hybridized carbons (Fsp3) is 0.889. The molecule has 0 unspecified atom stereocenters. The van der Waals surface area contributed by atoms with Crippen LogP contribution in [-0.2, 0) is 14.3 Å². The molecule has 3 heteroatoms. The second-order valence-corrected chi connectivity index (χ2v) is 4.11. The van der Waals surface area contributed by atoms with Gasteiger partial charge in [-0.25, -0.2) is 0 Å². The van der Waals surface area contributed by atoms with Crippen LogP contribution < -0.4 is 0 Å². The maximum Gasteiger partial charge on any atom is 0.302 e. The lowest BCUT2D eigenvalue weighted by Crippen LogP contribution is -2.27. The predicted molar refractivity (Wildman–Crippen MR) is 40.4 cm³/mol. The van der Waals surface area contributed by atoms with E-state index in [-0.39, 0.29) is 12.1 Å². The number of hydrogen-bond acceptors (Lipinski definition) is 3. The quantitative estimate of drug-likeness (QED) is 0.428. The smallest absolute Gasteiger partial charge is 0.302 e. The van der Waals surface area contributed by atoms with Gasteiger partial charge < -0.3 is 9.47 Å². The van der Waals surface area contributed by atoms with Crippen LogP contribution in [0.5, 0.6) is 0 Å². The van der Waals surface area contributed by atoms with E-state index in [0.717, 1.165) is 6.42 Å². The van der Waals surface area contributed by atoms with Crippen molar-refractivity contribution in [3.8, 4) is 0 Å². The number of epoxide rings is 1. The molecular formula is C9H12O3. The first-order valence-corrected chi connectivity index (χ1v) is 4.58. The van der Waals surface area contributed by atoms with Crippen LogP contribution in [-0.4, -0.2) is 24.3 Å². The van der Waals surface area contributed by atoms with Crippen molar-refractivity contribution in [2.45, 2.75) is 38.1 Å². The Bertz CT molecular complexity index is 238. The summed E-state index contributed by atoms with van der Waals surface area (Å²) in [6.45, 7) is 1.48. The minimum Gasteiger partial charge on any atom is -0.462 e. The molecule has 0 N–H and O–H groups in total. The van der Waals surface area contributed by atoms with Crippen molar-refractivity contribution >= 4 is 5.97 Å². The van der Waals surface area contributed by atoms with Crippen molar-refractivity contribution in [2.24, 2.45) is 11.8 Å². The van der Waals surface area contributed by atoms with Crippen LogP contribution in [0, 0.1) is 11.8 Å². The molecule has 0 aromatic heterocycles. The zero-order chi connectivity index (χ0) is 8.29. The fourth-order valence-corrected chi connectivity index (χ4v) is 2.89. The van der Waals surface area contributed by atoms with Crippen LogP contribution in [0.15, 0.2) is 0 Å². The van der Waals surface area contributed by atoms with Crippen molar-refractivity contribution in [3.05, 3.63) is 0 Å². The summed E-state index contributed by atoms with van der Waals surface area (Å²) in [7, 11) is 0. The van der Waals surface area contributed by atoms with Gasteiger partial charge in [-0.2, -0.15) is 0 Å². The third-order valence-corrected chi connectivity index (χ3v) is 3.35. The number of carbonyl (C=O) groups excluding carboxylic acids is 1. The Morgan fingerprint density at radius 2 is 2.25 bits per heavy atom. The van der Waals surface area contributed by atoms with E-state index in [4.69, 9.17) is 9.47 Å². The lowest BCUT2D eigenvalue weighted by atomic mass is 9.98. The predicted octanol–water partition coefficient (Wildman–Crippen LogP) is 0.725. The average molecular weight is 168 g/mol. The molecule has 12 heavy (non-hydrogen) atoms. The average Bonchev–Trinajstić information content (AvgIpc) is 2.61. The molecule has 1 aliphatic heterocycles. The Balaban J connectivity index is 1.72. The van der Waals surface area contributed by atoms with Gasteiger partial charge in [0.1, 0.15) is 6.10 Å². The lowest BCUT2D eigenvalue weighted by Gasteiger charge is -2.18. The van der Waals surface area contributed by atoms with E-state index < -0.39 is 0 Å². The van der Waals surface area contributed by atoms with E-state index in [1.165, 1.54) is 13.3 Å². The van der Waals surface area contributed by atoms with Crippen molar-refractivity contribution in [1.82, 2.24) is 0 Å². The van der Waals surface area contributed by atoms with Crippen molar-refractivity contribution in [1.29, 1.82) is 0 Å². The van der Waals surface area contributed by atoms with Gasteiger partial charge in [-0.3, -0.25) is 4.79 Å². The number of esters is 1. The highest BCUT2D eigenvalue weighted by atomic mass is 16.6. The van der Waals surface area contributed by atoms with E-state index in [1.54, 1.807) is 0 Å². The molecule has 0 amide bonds. The second-order valence-electron chi connectivity index (χ2n) is 4.11. The van der Waals surface area contributed by atoms with Gasteiger partial charge in [0, 0.05) is 12.8 Å². The van der Waals surface area contributed by atoms with Crippen LogP contribution in [0.4, 0.5) is 0 Å². The van der Waals surface area contributed by atoms with Crippen LogP contribution >= 0.6 is 0 Å². The van der Waals surface area contributed by atoms with E-state index in [9.17, 15) is 4.79 Å². The highest BCUT2D eigenvalue weighted by Crippen LogP contribution is 2.57. The third kappa shape index (κ3) is 0.774. The molecule has 1 saturated heterocycles. The minimum absolute atomic E-state index is 0.148. The SMILES string of the molecule is CC(=O)O[C@H]1C[C@H]2C[C@@H]1[C@H]1O[C@H]21. The summed E-state index contributed by atoms with van der Waals surface area (Å²) in [6, 6.07) is 0. The molecule has 66 valence electrons. The molecule has 3 nitrogen and oxygen atoms in total. The summed E-state index contributed by atoms with van der Waals surface area (Å²) in [5.74, 6) is 1.05. The molecule has 5 atom stereocenters. The van der Waals surface area contributed by atoms with Crippen molar-refractivity contribution < 1.29 is 14.3 Å². The molecule has 0 radical (unpaired) electrons. The first-order chi connectivity index (χ1) is 5.75. The minimum atomic E-state index is -0.148. The molecule has 2 bridgehead atoms. The molecule has 0 aromatic rings. The van der Waals surface area contributed by atoms with E-state index in [0.29, 0.717) is 24.0 Å². The number of fused-ring (bicyclic) bond motifs is 5. The molecule has 3 rings (SSSR count). The van der Waals surface area contributed by atoms with E-state index in [2.05, 4.69) is 0 Å². The topological polar surface area (TPSA) is 38.8 Å². The number of hydrogen-bond donors (Lipinski definition) is 0. The summed E-state index contributed by atoms with van der Waals surface area (Å²) in [5, 5.41) is 0. The highest BCUT2D eigenvalue weighted by molar-refractivity contribution is 5.66. The largest absolute Gasteiger partial charge is 0.462 e. The third-order valence-electron chi connectivity index (χ3n) is 3.35. The van der Waals surface area contributed by atoms with Crippen molar-refractivity contribution in [3.63, 3.8) is 0 Å². The molecule has 1 heterocycles. The van der Waals surface area contributed by atoms with Gasteiger partial charge in [0.15, 0.2) is 0 Å². The van der Waals surface area contributed by atoms with Gasteiger partial charge in [-0.1, -0.05) is 0 Å². The number of rotatable bonds is 1. The Morgan fingerprint density at radius 3 is 2.83 bits per heavy atom. The molecule has 0 aromatic carbocycles. The van der Waals surface area contributed by atoms with Gasteiger partial charge in [0.05, 0.1) is 12.2 Å². The molecule has 2 saturated carbocycles. The lowest BCUT2D eigenvalue weighted by molar-refractivity contribution is -0.148. The molecule has 3 fully saturated rings. The summed E-state index contributed by atoms with van der Waals surface area (Å²) >= 11 is 0. The van der Waals surface area contributed by atoms with Crippen LogP contribution in [0.25, 0.3) is 0 Å². The van der Waals surface area contributed by atoms with Crippen LogP contribution in [0.2, 0.25) is 0 Å². The van der Waals surface area contributed by atoms with Crippen LogP contribution in [0.1, 0.15) is 19.8 Å². The van der Waals surface area contributed by atoms with Gasteiger partial charge >= 0.3 is 5.97 Å². The van der Waals surface area contributed by atoms with E-state index in [1.807, 2.05) is 0 Å². The number of carbonyl (C=O) groups is 1. The second kappa shape index (κ2) is 2.02. The molecule has 3 aliphatic rings. The van der Waals surface area contributed by atoms with E-state index >= 15 is 0 Å². The highest BCUT2D eigenvalue weighted by Gasteiger charge is 2.64. The molecule has 0 spiro atoms. The van der Waals surface area contributed by atoms with Gasteiger partial charge in [0.2, 0.25) is 0 Å². The van der Waals surface area contributed by atoms with Crippen molar-refractivity contribution in [2.75, 3.05) is 0 Å². The first kappa shape index (κ1) is 6.89. The fourth-order valence-electron chi connectivity index (χ4n) is 2.89. The standard InChI is InChI=1S/C9H12O3/c1-4(10)11-7-3-5-2-6(7)9-8(5)12-9/h5-9H,2-3H2,1H3/t5-,6+,7+,8-,9-/m1/s1. The molecular weight excluding hydrogens is 156 g/mol. The Morgan fingerprint density at radius 1 is 1.42 bits per heavy atom. The summed E-state index contributed by atoms with van der Waals surface area (Å²) < 4.78 is 10.7. The first-order valence-electron chi connectivity index (χ1n) is 4.58. The summed E-state index contributed by atoms with van der Waals surface area (Å²) in [6.07, 6.45) is 3.38. The maximum absolute atomic E-state index is 10.7. The zero-order valence-corrected chi connectivity index (χ0v) is 7.03. The van der Waals surface area contributed by atoms with Gasteiger partial charge in [0.25, 0.3) is 0 Å².